The number of esters is 1. The molecule has 0 saturated carbocycles. The first-order valence-electron chi connectivity index (χ1n) is 7.46. The molecule has 2 N–H and O–H groups in total. The van der Waals surface area contributed by atoms with Gasteiger partial charge in [-0.25, -0.2) is 14.4 Å². The number of nitrogens with one attached hydrogen (secondary N) is 1. The van der Waals surface area contributed by atoms with Crippen LogP contribution in [0.15, 0.2) is 17.1 Å². The van der Waals surface area contributed by atoms with Crippen molar-refractivity contribution >= 4 is 17.9 Å². The number of fused-ring (bicyclic) bond motifs is 1. The minimum atomic E-state index is -5.13. The Morgan fingerprint density at radius 2 is 2.04 bits per heavy atom. The summed E-state index contributed by atoms with van der Waals surface area (Å²) in [5, 5.41) is 8.74. The van der Waals surface area contributed by atoms with E-state index >= 15 is 0 Å². The van der Waals surface area contributed by atoms with Crippen LogP contribution < -0.4 is 11.2 Å². The van der Waals surface area contributed by atoms with Gasteiger partial charge in [-0.2, -0.15) is 18.2 Å². The molecule has 11 nitrogen and oxygen atoms in total. The maximum Gasteiger partial charge on any atom is 0.509 e. The topological polar surface area (TPSA) is 138 Å². The predicted molar refractivity (Wildman–Crippen MR) is 74.6 cm³/mol. The molecule has 2 aliphatic rings. The largest absolute Gasteiger partial charge is 0.509 e. The Balaban J connectivity index is 1.72. The first-order chi connectivity index (χ1) is 12.7. The van der Waals surface area contributed by atoms with Gasteiger partial charge in [0, 0.05) is 12.6 Å². The van der Waals surface area contributed by atoms with Crippen molar-refractivity contribution in [2.24, 2.45) is 0 Å². The standard InChI is InChI=1S/C13H12F3N3O8/c14-13(15,16)10(20)24-4-2-5-7-8(27-12(22)26-7)9(25-5)19-3-1-6(18-23)17-11(19)21/h1,3,5,7-9,23H,2,4H2,(H,17,18,21)/t5-,7-,8-,9-/m1/s1. The van der Waals surface area contributed by atoms with Crippen molar-refractivity contribution in [3.63, 3.8) is 0 Å². The van der Waals surface area contributed by atoms with Crippen LogP contribution in [0.3, 0.4) is 0 Å². The summed E-state index contributed by atoms with van der Waals surface area (Å²) in [5.74, 6) is -2.50. The number of ether oxygens (including phenoxy) is 4. The molecule has 27 heavy (non-hydrogen) atoms. The number of carbonyl (C=O) groups is 2. The zero-order valence-corrected chi connectivity index (χ0v) is 13.2. The average Bonchev–Trinajstić information content (AvgIpc) is 3.12. The normalized spacial score (nSPS) is 26.9. The number of rotatable bonds is 5. The highest BCUT2D eigenvalue weighted by Crippen LogP contribution is 2.38. The fourth-order valence-corrected chi connectivity index (χ4v) is 2.70. The Morgan fingerprint density at radius 3 is 2.67 bits per heavy atom. The smallest absolute Gasteiger partial charge is 0.459 e. The number of alkyl halides is 3. The molecule has 0 spiro atoms. The second-order valence-electron chi connectivity index (χ2n) is 5.52. The van der Waals surface area contributed by atoms with Gasteiger partial charge in [0.05, 0.1) is 6.61 Å². The number of carbonyl (C=O) groups excluding carboxylic acids is 2. The van der Waals surface area contributed by atoms with Gasteiger partial charge in [0.25, 0.3) is 0 Å². The van der Waals surface area contributed by atoms with E-state index in [2.05, 4.69) is 9.72 Å². The fourth-order valence-electron chi connectivity index (χ4n) is 2.70. The zero-order valence-electron chi connectivity index (χ0n) is 13.2. The van der Waals surface area contributed by atoms with E-state index in [0.29, 0.717) is 0 Å². The molecule has 0 aliphatic carbocycles. The van der Waals surface area contributed by atoms with Crippen LogP contribution in [0.25, 0.3) is 0 Å². The van der Waals surface area contributed by atoms with Crippen LogP contribution in [0.1, 0.15) is 12.6 Å². The van der Waals surface area contributed by atoms with Gasteiger partial charge in [-0.3, -0.25) is 15.3 Å². The zero-order chi connectivity index (χ0) is 19.8. The van der Waals surface area contributed by atoms with E-state index in [9.17, 15) is 27.6 Å². The summed E-state index contributed by atoms with van der Waals surface area (Å²) in [5.41, 5.74) is 0.826. The molecule has 14 heteroatoms. The monoisotopic (exact) mass is 395 g/mol. The third kappa shape index (κ3) is 3.80. The minimum absolute atomic E-state index is 0.138. The molecule has 4 atom stereocenters. The summed E-state index contributed by atoms with van der Waals surface area (Å²) in [6.07, 6.45) is -9.45. The van der Waals surface area contributed by atoms with Gasteiger partial charge in [-0.15, -0.1) is 0 Å². The fraction of sp³-hybridized carbons (Fsp3) is 0.538. The molecule has 2 saturated heterocycles. The quantitative estimate of drug-likeness (QED) is 0.530. The first-order valence-corrected chi connectivity index (χ1v) is 7.46. The van der Waals surface area contributed by atoms with E-state index in [-0.39, 0.29) is 12.2 Å². The highest BCUT2D eigenvalue weighted by molar-refractivity contribution is 5.75. The molecule has 2 aliphatic heterocycles. The number of halogens is 3. The number of hydrogen-bond donors (Lipinski definition) is 2. The molecule has 0 bridgehead atoms. The van der Waals surface area contributed by atoms with Gasteiger partial charge in [0.2, 0.25) is 0 Å². The predicted octanol–water partition coefficient (Wildman–Crippen LogP) is 0.341. The summed E-state index contributed by atoms with van der Waals surface area (Å²) in [6.45, 7) is -0.656. The maximum absolute atomic E-state index is 12.1. The average molecular weight is 395 g/mol. The Labute approximate surface area is 147 Å². The lowest BCUT2D eigenvalue weighted by Crippen LogP contribution is -2.34. The molecule has 0 unspecified atom stereocenters. The van der Waals surface area contributed by atoms with Gasteiger partial charge in [-0.1, -0.05) is 0 Å². The van der Waals surface area contributed by atoms with Gasteiger partial charge < -0.3 is 18.9 Å². The van der Waals surface area contributed by atoms with E-state index in [1.165, 1.54) is 12.3 Å². The van der Waals surface area contributed by atoms with Crippen LogP contribution in [0.5, 0.6) is 0 Å². The van der Waals surface area contributed by atoms with Crippen LogP contribution in [-0.4, -0.2) is 58.0 Å². The summed E-state index contributed by atoms with van der Waals surface area (Å²) < 4.78 is 56.9. The number of nitrogens with zero attached hydrogens (tertiary/aromatic N) is 2. The van der Waals surface area contributed by atoms with Crippen molar-refractivity contribution in [2.75, 3.05) is 12.1 Å². The molecule has 3 heterocycles. The second-order valence-corrected chi connectivity index (χ2v) is 5.52. The Bertz CT molecular complexity index is 798. The SMILES string of the molecule is O=C1O[C@@H]2[C@H](O1)[C@@H](CCOC(=O)C(F)(F)F)O[C@H]2n1ccc(NO)nc1=O. The third-order valence-electron chi connectivity index (χ3n) is 3.84. The van der Waals surface area contributed by atoms with Gasteiger partial charge in [0.1, 0.15) is 6.10 Å². The van der Waals surface area contributed by atoms with E-state index < -0.39 is 55.1 Å². The number of aromatic nitrogens is 2. The van der Waals surface area contributed by atoms with Crippen LogP contribution in [0.2, 0.25) is 0 Å². The lowest BCUT2D eigenvalue weighted by molar-refractivity contribution is -0.200. The first kappa shape index (κ1) is 18.9. The van der Waals surface area contributed by atoms with Gasteiger partial charge in [-0.05, 0) is 6.07 Å². The molecule has 0 radical (unpaired) electrons. The number of hydrogen-bond acceptors (Lipinski definition) is 10. The lowest BCUT2D eigenvalue weighted by Gasteiger charge is -2.18. The molecule has 3 rings (SSSR count). The van der Waals surface area contributed by atoms with Crippen LogP contribution in [0, 0.1) is 0 Å². The Kier molecular flexibility index (Phi) is 4.93. The molecule has 148 valence electrons. The second kappa shape index (κ2) is 7.03. The minimum Gasteiger partial charge on any atom is -0.459 e. The van der Waals surface area contributed by atoms with Gasteiger partial charge >= 0.3 is 24.0 Å². The van der Waals surface area contributed by atoms with Crippen molar-refractivity contribution in [1.82, 2.24) is 9.55 Å². The van der Waals surface area contributed by atoms with E-state index in [0.717, 1.165) is 4.57 Å². The van der Waals surface area contributed by atoms with Crippen LogP contribution in [0.4, 0.5) is 23.8 Å². The highest BCUT2D eigenvalue weighted by atomic mass is 19.4. The summed E-state index contributed by atoms with van der Waals surface area (Å²) in [4.78, 5) is 37.6. The van der Waals surface area contributed by atoms with Crippen molar-refractivity contribution in [1.29, 1.82) is 0 Å². The van der Waals surface area contributed by atoms with Crippen molar-refractivity contribution in [2.45, 2.75) is 37.1 Å². The highest BCUT2D eigenvalue weighted by Gasteiger charge is 2.55. The van der Waals surface area contributed by atoms with Crippen molar-refractivity contribution < 1.29 is 46.9 Å². The molecular weight excluding hydrogens is 383 g/mol. The Hall–Kier alpha value is -2.87. The molecule has 2 fully saturated rings. The van der Waals surface area contributed by atoms with Crippen LogP contribution in [-0.2, 0) is 23.7 Å². The molecule has 0 amide bonds. The third-order valence-corrected chi connectivity index (χ3v) is 3.84. The summed E-state index contributed by atoms with van der Waals surface area (Å²) >= 11 is 0. The lowest BCUT2D eigenvalue weighted by atomic mass is 10.1. The van der Waals surface area contributed by atoms with E-state index in [1.54, 1.807) is 5.48 Å². The summed E-state index contributed by atoms with van der Waals surface area (Å²) in [7, 11) is 0. The molecule has 1 aromatic heterocycles. The summed E-state index contributed by atoms with van der Waals surface area (Å²) in [6, 6.07) is 1.23. The molecule has 1 aromatic rings. The van der Waals surface area contributed by atoms with Crippen LogP contribution >= 0.6 is 0 Å². The van der Waals surface area contributed by atoms with E-state index in [4.69, 9.17) is 19.4 Å². The van der Waals surface area contributed by atoms with Crippen molar-refractivity contribution in [3.05, 3.63) is 22.7 Å². The Morgan fingerprint density at radius 1 is 1.33 bits per heavy atom. The molecule has 0 aromatic carbocycles. The molecular formula is C13H12F3N3O8. The maximum atomic E-state index is 12.1. The van der Waals surface area contributed by atoms with Gasteiger partial charge in [0.15, 0.2) is 24.3 Å². The van der Waals surface area contributed by atoms with Crippen molar-refractivity contribution in [3.8, 4) is 0 Å². The van der Waals surface area contributed by atoms with E-state index in [1.807, 2.05) is 0 Å². The number of anilines is 1.